The predicted octanol–water partition coefficient (Wildman–Crippen LogP) is 2.82. The predicted molar refractivity (Wildman–Crippen MR) is 119 cm³/mol. The number of esters is 2. The molecule has 2 bridgehead atoms. The Morgan fingerprint density at radius 2 is 1.19 bits per heavy atom. The van der Waals surface area contributed by atoms with Gasteiger partial charge in [-0.25, -0.2) is 0 Å². The Morgan fingerprint density at radius 1 is 0.781 bits per heavy atom. The number of anilines is 2. The molecule has 0 N–H and O–H groups in total. The Morgan fingerprint density at radius 3 is 1.56 bits per heavy atom. The van der Waals surface area contributed by atoms with Crippen LogP contribution < -0.4 is 19.3 Å². The molecule has 10 heteroatoms. The average Bonchev–Trinajstić information content (AvgIpc) is 3.26. The molecule has 3 fully saturated rings. The summed E-state index contributed by atoms with van der Waals surface area (Å²) in [5.41, 5.74) is 2.49. The molecule has 32 heavy (non-hydrogen) atoms. The summed E-state index contributed by atoms with van der Waals surface area (Å²) < 4.78 is 10.8. The van der Waals surface area contributed by atoms with E-state index >= 15 is 0 Å². The lowest BCUT2D eigenvalue weighted by atomic mass is 10.0. The summed E-state index contributed by atoms with van der Waals surface area (Å²) in [7, 11) is 2.73. The van der Waals surface area contributed by atoms with Gasteiger partial charge in [0.05, 0.1) is 11.4 Å². The number of fused-ring (bicyclic) bond motifs is 3. The highest BCUT2D eigenvalue weighted by Gasteiger charge is 2.74. The minimum atomic E-state index is -1.20. The number of carbonyl (C=O) groups is 4. The zero-order valence-corrected chi connectivity index (χ0v) is 18.7. The highest BCUT2D eigenvalue weighted by molar-refractivity contribution is 8.78. The fourth-order valence-corrected chi connectivity index (χ4v) is 8.59. The lowest BCUT2D eigenvalue weighted by molar-refractivity contribution is -0.133. The summed E-state index contributed by atoms with van der Waals surface area (Å²) in [5, 5.41) is 0. The molecule has 0 aromatic heterocycles. The van der Waals surface area contributed by atoms with Crippen LogP contribution in [0.2, 0.25) is 0 Å². The normalized spacial score (nSPS) is 26.4. The SMILES string of the molecule is CC(=O)Oc1cccc2c1N1C(=O)C34Cc5cccc(OC(C)=O)c5N3C(=O)C1(C2)SS4. The van der Waals surface area contributed by atoms with E-state index in [1.54, 1.807) is 24.3 Å². The first-order chi connectivity index (χ1) is 15.3. The van der Waals surface area contributed by atoms with E-state index in [-0.39, 0.29) is 36.2 Å². The number of hydrogen-bond acceptors (Lipinski definition) is 8. The van der Waals surface area contributed by atoms with E-state index in [1.165, 1.54) is 45.2 Å². The van der Waals surface area contributed by atoms with Crippen molar-refractivity contribution in [3.63, 3.8) is 0 Å². The Balaban J connectivity index is 1.54. The number of piperazine rings is 1. The maximum atomic E-state index is 14.1. The van der Waals surface area contributed by atoms with Crippen molar-refractivity contribution in [3.05, 3.63) is 47.5 Å². The molecule has 162 valence electrons. The van der Waals surface area contributed by atoms with Crippen molar-refractivity contribution in [3.8, 4) is 11.5 Å². The zero-order valence-electron chi connectivity index (χ0n) is 17.0. The molecule has 0 aliphatic carbocycles. The van der Waals surface area contributed by atoms with E-state index < -0.39 is 21.7 Å². The lowest BCUT2D eigenvalue weighted by Gasteiger charge is -2.56. The van der Waals surface area contributed by atoms with E-state index in [0.717, 1.165) is 11.1 Å². The van der Waals surface area contributed by atoms with E-state index in [0.29, 0.717) is 11.4 Å². The molecule has 2 aromatic carbocycles. The summed E-state index contributed by atoms with van der Waals surface area (Å²) in [6, 6.07) is 10.5. The smallest absolute Gasteiger partial charge is 0.308 e. The van der Waals surface area contributed by atoms with Crippen LogP contribution in [0.3, 0.4) is 0 Å². The molecule has 0 radical (unpaired) electrons. The summed E-state index contributed by atoms with van der Waals surface area (Å²) in [5.74, 6) is -0.952. The number of hydrogen-bond donors (Lipinski definition) is 0. The third-order valence-electron chi connectivity index (χ3n) is 6.09. The van der Waals surface area contributed by atoms with Crippen molar-refractivity contribution in [1.29, 1.82) is 0 Å². The molecule has 5 aliphatic heterocycles. The molecule has 5 heterocycles. The lowest BCUT2D eigenvalue weighted by Crippen LogP contribution is -2.76. The van der Waals surface area contributed by atoms with Gasteiger partial charge in [-0.1, -0.05) is 45.9 Å². The average molecular weight is 469 g/mol. The molecule has 3 saturated heterocycles. The van der Waals surface area contributed by atoms with Crippen LogP contribution in [0.25, 0.3) is 0 Å². The maximum Gasteiger partial charge on any atom is 0.308 e. The van der Waals surface area contributed by atoms with E-state index in [4.69, 9.17) is 9.47 Å². The van der Waals surface area contributed by atoms with Gasteiger partial charge in [-0.05, 0) is 23.3 Å². The molecule has 8 nitrogen and oxygen atoms in total. The minimum absolute atomic E-state index is 0.246. The second kappa shape index (κ2) is 6.29. The standard InChI is InChI=1S/C22H16N2O6S2/c1-11(25)29-15-7-3-5-13-9-21-20(28)24-18-14(6-4-8-16(18)30-12(2)26)10-22(24,32-31-21)19(27)23(21)17(13)15/h3-8H,9-10H2,1-2H3. The number of ether oxygens (including phenoxy) is 2. The van der Waals surface area contributed by atoms with Gasteiger partial charge >= 0.3 is 11.9 Å². The van der Waals surface area contributed by atoms with Gasteiger partial charge < -0.3 is 9.47 Å². The molecule has 2 atom stereocenters. The third kappa shape index (κ3) is 2.26. The molecular formula is C22H16N2O6S2. The molecule has 2 unspecified atom stereocenters. The molecule has 5 aliphatic rings. The van der Waals surface area contributed by atoms with Crippen LogP contribution in [0.4, 0.5) is 11.4 Å². The van der Waals surface area contributed by atoms with Crippen LogP contribution in [-0.2, 0) is 32.0 Å². The summed E-state index contributed by atoms with van der Waals surface area (Å²) in [4.78, 5) is 52.1. The summed E-state index contributed by atoms with van der Waals surface area (Å²) >= 11 is 0. The largest absolute Gasteiger partial charge is 0.424 e. The van der Waals surface area contributed by atoms with E-state index in [9.17, 15) is 19.2 Å². The van der Waals surface area contributed by atoms with Gasteiger partial charge in [0.15, 0.2) is 21.2 Å². The monoisotopic (exact) mass is 468 g/mol. The first-order valence-electron chi connectivity index (χ1n) is 9.95. The maximum absolute atomic E-state index is 14.1. The van der Waals surface area contributed by atoms with E-state index in [2.05, 4.69) is 0 Å². The Bertz CT molecular complexity index is 1180. The van der Waals surface area contributed by atoms with Crippen molar-refractivity contribution in [2.75, 3.05) is 9.80 Å². The van der Waals surface area contributed by atoms with Gasteiger partial charge in [0.25, 0.3) is 11.8 Å². The topological polar surface area (TPSA) is 93.2 Å². The van der Waals surface area contributed by atoms with Crippen LogP contribution in [0.5, 0.6) is 11.5 Å². The Hall–Kier alpha value is -2.98. The van der Waals surface area contributed by atoms with Gasteiger partial charge in [0.2, 0.25) is 0 Å². The van der Waals surface area contributed by atoms with Crippen molar-refractivity contribution in [1.82, 2.24) is 0 Å². The van der Waals surface area contributed by atoms with Gasteiger partial charge in [-0.2, -0.15) is 0 Å². The zero-order chi connectivity index (χ0) is 22.4. The number of nitrogens with zero attached hydrogens (tertiary/aromatic N) is 2. The first kappa shape index (κ1) is 19.7. The first-order valence-corrected chi connectivity index (χ1v) is 12.1. The summed E-state index contributed by atoms with van der Waals surface area (Å²) in [6.07, 6.45) is 0.578. The van der Waals surface area contributed by atoms with Gasteiger partial charge in [-0.15, -0.1) is 0 Å². The number of para-hydroxylation sites is 2. The third-order valence-corrected chi connectivity index (χ3v) is 9.64. The highest BCUT2D eigenvalue weighted by atomic mass is 33.1. The van der Waals surface area contributed by atoms with Gasteiger partial charge in [-0.3, -0.25) is 29.0 Å². The van der Waals surface area contributed by atoms with Crippen LogP contribution >= 0.6 is 21.6 Å². The van der Waals surface area contributed by atoms with Gasteiger partial charge in [0.1, 0.15) is 0 Å². The number of amides is 2. The van der Waals surface area contributed by atoms with Crippen LogP contribution in [0.15, 0.2) is 36.4 Å². The molecular weight excluding hydrogens is 452 g/mol. The van der Waals surface area contributed by atoms with Crippen molar-refractivity contribution >= 4 is 56.7 Å². The molecule has 0 saturated carbocycles. The van der Waals surface area contributed by atoms with Crippen LogP contribution in [0, 0.1) is 0 Å². The Labute approximate surface area is 190 Å². The number of carbonyl (C=O) groups excluding carboxylic acids is 4. The fourth-order valence-electron chi connectivity index (χ4n) is 5.00. The van der Waals surface area contributed by atoms with Crippen LogP contribution in [-0.4, -0.2) is 33.5 Å². The number of benzene rings is 2. The molecule has 2 amide bonds. The van der Waals surface area contributed by atoms with Gasteiger partial charge in [0, 0.05) is 26.7 Å². The highest BCUT2D eigenvalue weighted by Crippen LogP contribution is 2.69. The molecule has 2 aromatic rings. The minimum Gasteiger partial charge on any atom is -0.424 e. The van der Waals surface area contributed by atoms with E-state index in [1.807, 2.05) is 12.1 Å². The second-order valence-corrected chi connectivity index (χ2v) is 10.8. The van der Waals surface area contributed by atoms with Crippen molar-refractivity contribution < 1.29 is 28.7 Å². The van der Waals surface area contributed by atoms with Crippen LogP contribution in [0.1, 0.15) is 25.0 Å². The Kier molecular flexibility index (Phi) is 3.87. The summed E-state index contributed by atoms with van der Waals surface area (Å²) in [6.45, 7) is 2.60. The van der Waals surface area contributed by atoms with Crippen molar-refractivity contribution in [2.45, 2.75) is 36.4 Å². The fraction of sp³-hybridized carbons (Fsp3) is 0.273. The molecule has 7 rings (SSSR count). The second-order valence-electron chi connectivity index (χ2n) is 8.09. The van der Waals surface area contributed by atoms with Crippen molar-refractivity contribution in [2.24, 2.45) is 0 Å². The number of rotatable bonds is 2. The molecule has 2 spiro atoms. The quantitative estimate of drug-likeness (QED) is 0.377.